The van der Waals surface area contributed by atoms with Gasteiger partial charge in [-0.1, -0.05) is 52.9 Å². The monoisotopic (exact) mass is 466 g/mol. The van der Waals surface area contributed by atoms with E-state index in [1.165, 1.54) is 19.3 Å². The number of unbranched alkanes of at least 4 members (excludes halogenated alkanes) is 2. The third-order valence-electron chi connectivity index (χ3n) is 6.05. The average Bonchev–Trinajstić information content (AvgIpc) is 2.68. The van der Waals surface area contributed by atoms with Crippen molar-refractivity contribution in [3.63, 3.8) is 0 Å². The van der Waals surface area contributed by atoms with Gasteiger partial charge in [-0.3, -0.25) is 0 Å². The molecule has 0 saturated heterocycles. The van der Waals surface area contributed by atoms with Crippen molar-refractivity contribution in [3.8, 4) is 0 Å². The molecule has 2 nitrogen and oxygen atoms in total. The first-order valence-electron chi connectivity index (χ1n) is 11.6. The second-order valence-corrected chi connectivity index (χ2v) is 8.70. The summed E-state index contributed by atoms with van der Waals surface area (Å²) in [7, 11) is 0. The van der Waals surface area contributed by atoms with Crippen LogP contribution in [-0.2, 0) is 0 Å². The minimum atomic E-state index is -6.26. The highest BCUT2D eigenvalue weighted by Crippen LogP contribution is 2.48. The van der Waals surface area contributed by atoms with Crippen molar-refractivity contribution >= 4 is 0 Å². The highest BCUT2D eigenvalue weighted by Gasteiger charge is 2.72. The molecule has 0 aliphatic heterocycles. The van der Waals surface area contributed by atoms with Crippen molar-refractivity contribution in [2.45, 2.75) is 115 Å². The van der Waals surface area contributed by atoms with Gasteiger partial charge in [0.15, 0.2) is 0 Å². The van der Waals surface area contributed by atoms with Crippen molar-refractivity contribution < 1.29 is 30.7 Å². The molecular weight excluding hydrogens is 425 g/mol. The number of nitrogens with one attached hydrogen (secondary N) is 1. The first-order valence-corrected chi connectivity index (χ1v) is 11.6. The van der Waals surface area contributed by atoms with E-state index in [9.17, 15) is 30.7 Å². The molecule has 3 unspecified atom stereocenters. The molecule has 0 radical (unpaired) electrons. The van der Waals surface area contributed by atoms with Gasteiger partial charge in [0, 0.05) is 12.5 Å². The van der Waals surface area contributed by atoms with Crippen LogP contribution in [0.2, 0.25) is 0 Å². The third-order valence-corrected chi connectivity index (χ3v) is 6.05. The number of rotatable bonds is 18. The van der Waals surface area contributed by atoms with Gasteiger partial charge in [0.2, 0.25) is 0 Å². The van der Waals surface area contributed by atoms with Crippen LogP contribution in [-0.4, -0.2) is 37.2 Å². The van der Waals surface area contributed by atoms with E-state index in [0.717, 1.165) is 32.4 Å². The molecule has 0 aromatic heterocycles. The summed E-state index contributed by atoms with van der Waals surface area (Å²) in [5.41, 5.74) is 6.05. The average molecular weight is 467 g/mol. The van der Waals surface area contributed by atoms with Crippen LogP contribution >= 0.6 is 0 Å². The molecule has 0 saturated carbocycles. The fourth-order valence-corrected chi connectivity index (χ4v) is 3.71. The molecule has 0 fully saturated rings. The molecule has 0 aromatic rings. The summed E-state index contributed by atoms with van der Waals surface area (Å²) >= 11 is 0. The van der Waals surface area contributed by atoms with Gasteiger partial charge in [0.1, 0.15) is 0 Å². The number of hydrogen-bond acceptors (Lipinski definition) is 2. The highest BCUT2D eigenvalue weighted by molar-refractivity contribution is 4.90. The van der Waals surface area contributed by atoms with E-state index in [4.69, 9.17) is 5.73 Å². The molecule has 9 heteroatoms. The molecular formula is C22H41F7N2. The summed E-state index contributed by atoms with van der Waals surface area (Å²) in [5.74, 6) is -10.1. The summed E-state index contributed by atoms with van der Waals surface area (Å²) in [6.07, 6.45) is -0.474. The van der Waals surface area contributed by atoms with Crippen LogP contribution in [0.15, 0.2) is 0 Å². The lowest BCUT2D eigenvalue weighted by Gasteiger charge is -2.28. The highest BCUT2D eigenvalue weighted by atomic mass is 19.4. The quantitative estimate of drug-likeness (QED) is 0.164. The normalized spacial score (nSPS) is 16.4. The van der Waals surface area contributed by atoms with Crippen LogP contribution in [0.3, 0.4) is 0 Å². The molecule has 0 spiro atoms. The van der Waals surface area contributed by atoms with Gasteiger partial charge in [0.05, 0.1) is 0 Å². The Bertz CT molecular complexity index is 456. The summed E-state index contributed by atoms with van der Waals surface area (Å²) < 4.78 is 88.8. The lowest BCUT2D eigenvalue weighted by Crippen LogP contribution is -2.51. The Morgan fingerprint density at radius 1 is 0.774 bits per heavy atom. The topological polar surface area (TPSA) is 38.0 Å². The van der Waals surface area contributed by atoms with Crippen LogP contribution in [0.5, 0.6) is 0 Å². The van der Waals surface area contributed by atoms with Crippen LogP contribution in [0.1, 0.15) is 91.4 Å². The standard InChI is InChI=1S/C22H41F7N2/c1-4-7-10-18(6-3)16-31-14-12-17(5-2)15-19(30)11-8-9-13-20(23,24)21(25,26)22(27,28)29/h17-19,31H,4-16,30H2,1-3H3. The Labute approximate surface area is 182 Å². The molecule has 0 aromatic carbocycles. The van der Waals surface area contributed by atoms with Crippen LogP contribution in [0.25, 0.3) is 0 Å². The molecule has 0 heterocycles. The molecule has 3 N–H and O–H groups in total. The zero-order valence-corrected chi connectivity index (χ0v) is 19.1. The molecule has 31 heavy (non-hydrogen) atoms. The maximum absolute atomic E-state index is 13.3. The van der Waals surface area contributed by atoms with Crippen molar-refractivity contribution in [1.82, 2.24) is 5.32 Å². The zero-order chi connectivity index (χ0) is 24.1. The zero-order valence-electron chi connectivity index (χ0n) is 19.1. The SMILES string of the molecule is CCCCC(CC)CNCCC(CC)CC(N)CCCCC(F)(F)C(F)(F)C(F)(F)F. The molecule has 0 bridgehead atoms. The smallest absolute Gasteiger partial charge is 0.328 e. The van der Waals surface area contributed by atoms with Crippen LogP contribution in [0.4, 0.5) is 30.7 Å². The predicted molar refractivity (Wildman–Crippen MR) is 112 cm³/mol. The van der Waals surface area contributed by atoms with E-state index in [2.05, 4.69) is 19.2 Å². The van der Waals surface area contributed by atoms with E-state index in [0.29, 0.717) is 24.7 Å². The summed E-state index contributed by atoms with van der Waals surface area (Å²) in [5, 5.41) is 3.49. The third kappa shape index (κ3) is 11.2. The molecule has 0 aliphatic carbocycles. The molecule has 0 rings (SSSR count). The lowest BCUT2D eigenvalue weighted by atomic mass is 9.91. The van der Waals surface area contributed by atoms with E-state index in [1.54, 1.807) is 0 Å². The second kappa shape index (κ2) is 14.6. The summed E-state index contributed by atoms with van der Waals surface area (Å²) in [4.78, 5) is 0. The van der Waals surface area contributed by atoms with Gasteiger partial charge in [0.25, 0.3) is 0 Å². The minimum absolute atomic E-state index is 0.0922. The molecule has 188 valence electrons. The second-order valence-electron chi connectivity index (χ2n) is 8.70. The van der Waals surface area contributed by atoms with Gasteiger partial charge in [-0.05, 0) is 57.0 Å². The van der Waals surface area contributed by atoms with Crippen LogP contribution < -0.4 is 11.1 Å². The molecule has 0 aliphatic rings. The molecule has 3 atom stereocenters. The van der Waals surface area contributed by atoms with Crippen molar-refractivity contribution in [2.24, 2.45) is 17.6 Å². The van der Waals surface area contributed by atoms with E-state index in [-0.39, 0.29) is 12.5 Å². The Balaban J connectivity index is 4.19. The first kappa shape index (κ1) is 30.4. The fourth-order valence-electron chi connectivity index (χ4n) is 3.71. The lowest BCUT2D eigenvalue weighted by molar-refractivity contribution is -0.355. The van der Waals surface area contributed by atoms with Gasteiger partial charge in [-0.2, -0.15) is 30.7 Å². The van der Waals surface area contributed by atoms with Gasteiger partial charge in [-0.15, -0.1) is 0 Å². The summed E-state index contributed by atoms with van der Waals surface area (Å²) in [6, 6.07) is -0.283. The van der Waals surface area contributed by atoms with Crippen molar-refractivity contribution in [3.05, 3.63) is 0 Å². The number of alkyl halides is 7. The van der Waals surface area contributed by atoms with Gasteiger partial charge >= 0.3 is 18.0 Å². The predicted octanol–water partition coefficient (Wildman–Crippen LogP) is 7.32. The first-order chi connectivity index (χ1) is 14.3. The number of hydrogen-bond donors (Lipinski definition) is 2. The van der Waals surface area contributed by atoms with E-state index < -0.39 is 30.9 Å². The van der Waals surface area contributed by atoms with Crippen molar-refractivity contribution in [1.29, 1.82) is 0 Å². The van der Waals surface area contributed by atoms with E-state index in [1.807, 2.05) is 6.92 Å². The number of nitrogens with two attached hydrogens (primary N) is 1. The maximum Gasteiger partial charge on any atom is 0.459 e. The Morgan fingerprint density at radius 3 is 1.90 bits per heavy atom. The Kier molecular flexibility index (Phi) is 14.3. The van der Waals surface area contributed by atoms with E-state index >= 15 is 0 Å². The Hall–Kier alpha value is -0.570. The molecule has 0 amide bonds. The van der Waals surface area contributed by atoms with Crippen LogP contribution in [0, 0.1) is 11.8 Å². The Morgan fingerprint density at radius 2 is 1.39 bits per heavy atom. The van der Waals surface area contributed by atoms with Crippen molar-refractivity contribution in [2.75, 3.05) is 13.1 Å². The fraction of sp³-hybridized carbons (Fsp3) is 1.00. The maximum atomic E-state index is 13.3. The van der Waals surface area contributed by atoms with Gasteiger partial charge < -0.3 is 11.1 Å². The largest absolute Gasteiger partial charge is 0.459 e. The summed E-state index contributed by atoms with van der Waals surface area (Å²) in [6.45, 7) is 8.27. The number of halogens is 7. The minimum Gasteiger partial charge on any atom is -0.328 e. The van der Waals surface area contributed by atoms with Gasteiger partial charge in [-0.25, -0.2) is 0 Å².